The molecule has 2 atom stereocenters. The van der Waals surface area contributed by atoms with Crippen molar-refractivity contribution in [3.8, 4) is 0 Å². The van der Waals surface area contributed by atoms with Crippen molar-refractivity contribution in [2.45, 2.75) is 45.3 Å². The molecule has 1 aliphatic heterocycles. The van der Waals surface area contributed by atoms with Crippen LogP contribution in [-0.2, 0) is 5.67 Å². The largest absolute Gasteiger partial charge is 0.465 e. The van der Waals surface area contributed by atoms with E-state index in [1.807, 2.05) is 20.8 Å². The Bertz CT molecular complexity index is 517. The fraction of sp³-hybridized carbons (Fsp3) is 0.692. The maximum Gasteiger partial charge on any atom is 0.407 e. The van der Waals surface area contributed by atoms with E-state index in [-0.39, 0.29) is 30.8 Å². The van der Waals surface area contributed by atoms with Gasteiger partial charge in [-0.15, -0.1) is 11.3 Å². The first-order valence-electron chi connectivity index (χ1n) is 6.43. The van der Waals surface area contributed by atoms with Gasteiger partial charge in [-0.3, -0.25) is 0 Å². The van der Waals surface area contributed by atoms with Crippen molar-refractivity contribution in [2.75, 3.05) is 6.54 Å². The Labute approximate surface area is 130 Å². The summed E-state index contributed by atoms with van der Waals surface area (Å²) in [4.78, 5) is 16.9. The number of alkyl halides is 1. The summed E-state index contributed by atoms with van der Waals surface area (Å²) in [6, 6.07) is -0.360. The molecule has 1 N–H and O–H groups in total. The number of rotatable bonds is 1. The highest BCUT2D eigenvalue weighted by Gasteiger charge is 2.48. The number of amides is 1. The minimum atomic E-state index is -1.54. The third kappa shape index (κ3) is 2.98. The van der Waals surface area contributed by atoms with Crippen molar-refractivity contribution >= 4 is 33.4 Å². The van der Waals surface area contributed by atoms with Gasteiger partial charge in [0.15, 0.2) is 5.67 Å². The molecule has 4 nitrogen and oxygen atoms in total. The zero-order valence-corrected chi connectivity index (χ0v) is 14.1. The second-order valence-electron chi connectivity index (χ2n) is 6.25. The highest BCUT2D eigenvalue weighted by atomic mass is 79.9. The topological polar surface area (TPSA) is 53.4 Å². The first-order valence-corrected chi connectivity index (χ1v) is 8.11. The van der Waals surface area contributed by atoms with Crippen LogP contribution in [0.15, 0.2) is 9.98 Å². The van der Waals surface area contributed by atoms with E-state index >= 15 is 4.39 Å². The van der Waals surface area contributed by atoms with Gasteiger partial charge in [-0.25, -0.2) is 14.2 Å². The molecule has 2 heterocycles. The molecule has 0 spiro atoms. The zero-order chi connectivity index (χ0) is 15.1. The molecule has 0 radical (unpaired) electrons. The van der Waals surface area contributed by atoms with Crippen LogP contribution in [0.4, 0.5) is 9.18 Å². The molecule has 7 heteroatoms. The van der Waals surface area contributed by atoms with Crippen LogP contribution in [0.3, 0.4) is 0 Å². The van der Waals surface area contributed by atoms with Crippen molar-refractivity contribution in [3.05, 3.63) is 15.0 Å². The Morgan fingerprint density at radius 2 is 2.30 bits per heavy atom. The minimum Gasteiger partial charge on any atom is -0.465 e. The minimum absolute atomic E-state index is 0.156. The molecule has 1 aromatic rings. The summed E-state index contributed by atoms with van der Waals surface area (Å²) in [5.74, 6) is 0. The molecular formula is C13H18BrFN2O2S. The Hall–Kier alpha value is -0.690. The van der Waals surface area contributed by atoms with Gasteiger partial charge < -0.3 is 10.0 Å². The molecule has 1 aromatic heterocycles. The predicted octanol–water partition coefficient (Wildman–Crippen LogP) is 4.26. The first kappa shape index (κ1) is 15.7. The first-order chi connectivity index (χ1) is 9.13. The molecule has 0 aliphatic carbocycles. The molecule has 112 valence electrons. The lowest BCUT2D eigenvalue weighted by Gasteiger charge is -2.46. The SMILES string of the molecule is CC(C)(C)C1CC(F)(c2nc(Br)cs2)CCN1C(=O)O. The number of aromatic nitrogens is 1. The molecule has 20 heavy (non-hydrogen) atoms. The average Bonchev–Trinajstić information content (AvgIpc) is 2.75. The fourth-order valence-electron chi connectivity index (χ4n) is 2.63. The quantitative estimate of drug-likeness (QED) is 0.809. The van der Waals surface area contributed by atoms with Crippen LogP contribution < -0.4 is 0 Å². The highest BCUT2D eigenvalue weighted by molar-refractivity contribution is 9.10. The van der Waals surface area contributed by atoms with Crippen LogP contribution >= 0.6 is 27.3 Å². The van der Waals surface area contributed by atoms with E-state index in [0.717, 1.165) is 0 Å². The van der Waals surface area contributed by atoms with E-state index in [4.69, 9.17) is 0 Å². The van der Waals surface area contributed by atoms with Crippen LogP contribution in [0.2, 0.25) is 0 Å². The van der Waals surface area contributed by atoms with Crippen LogP contribution in [0.25, 0.3) is 0 Å². The van der Waals surface area contributed by atoms with Gasteiger partial charge in [0, 0.05) is 30.8 Å². The molecule has 1 aliphatic rings. The molecule has 1 fully saturated rings. The Balaban J connectivity index is 2.31. The maximum atomic E-state index is 15.2. The normalized spacial score (nSPS) is 27.6. The van der Waals surface area contributed by atoms with E-state index < -0.39 is 11.8 Å². The van der Waals surface area contributed by atoms with E-state index in [9.17, 15) is 9.90 Å². The second kappa shape index (κ2) is 5.26. The molecule has 1 amide bonds. The Kier molecular flexibility index (Phi) is 4.12. The van der Waals surface area contributed by atoms with E-state index in [1.165, 1.54) is 16.2 Å². The summed E-state index contributed by atoms with van der Waals surface area (Å²) < 4.78 is 15.9. The molecule has 1 saturated heterocycles. The number of carboxylic acid groups (broad SMARTS) is 1. The van der Waals surface area contributed by atoms with Gasteiger partial charge in [-0.05, 0) is 21.3 Å². The third-order valence-corrected chi connectivity index (χ3v) is 5.48. The second-order valence-corrected chi connectivity index (χ2v) is 7.92. The van der Waals surface area contributed by atoms with E-state index in [2.05, 4.69) is 20.9 Å². The lowest BCUT2D eigenvalue weighted by molar-refractivity contribution is -0.0179. The van der Waals surface area contributed by atoms with Crippen molar-refractivity contribution in [1.82, 2.24) is 9.88 Å². The molecule has 2 unspecified atom stereocenters. The van der Waals surface area contributed by atoms with Crippen molar-refractivity contribution in [3.63, 3.8) is 0 Å². The maximum absolute atomic E-state index is 15.2. The van der Waals surface area contributed by atoms with Gasteiger partial charge >= 0.3 is 6.09 Å². The number of hydrogen-bond donors (Lipinski definition) is 1. The van der Waals surface area contributed by atoms with Crippen molar-refractivity contribution in [1.29, 1.82) is 0 Å². The molecule has 0 bridgehead atoms. The summed E-state index contributed by atoms with van der Waals surface area (Å²) in [5.41, 5.74) is -1.86. The van der Waals surface area contributed by atoms with Gasteiger partial charge in [0.1, 0.15) is 9.61 Å². The summed E-state index contributed by atoms with van der Waals surface area (Å²) in [5, 5.41) is 11.5. The average molecular weight is 365 g/mol. The van der Waals surface area contributed by atoms with Crippen LogP contribution in [0, 0.1) is 5.41 Å². The summed E-state index contributed by atoms with van der Waals surface area (Å²) in [6.07, 6.45) is -0.665. The number of likely N-dealkylation sites (tertiary alicyclic amines) is 1. The predicted molar refractivity (Wildman–Crippen MR) is 79.8 cm³/mol. The van der Waals surface area contributed by atoms with Gasteiger partial charge in [0.2, 0.25) is 0 Å². The number of piperidine rings is 1. The number of nitrogens with zero attached hydrogens (tertiary/aromatic N) is 2. The smallest absolute Gasteiger partial charge is 0.407 e. The standard InChI is InChI=1S/C13H18BrFN2O2S/c1-12(2,3)8-6-13(15,4-5-17(8)11(18)19)10-16-9(14)7-20-10/h7-8H,4-6H2,1-3H3,(H,18,19). The van der Waals surface area contributed by atoms with E-state index in [0.29, 0.717) is 9.61 Å². The lowest BCUT2D eigenvalue weighted by Crippen LogP contribution is -2.54. The van der Waals surface area contributed by atoms with Crippen LogP contribution in [-0.4, -0.2) is 33.7 Å². The zero-order valence-electron chi connectivity index (χ0n) is 11.7. The van der Waals surface area contributed by atoms with Gasteiger partial charge in [0.05, 0.1) is 0 Å². The van der Waals surface area contributed by atoms with Crippen molar-refractivity contribution < 1.29 is 14.3 Å². The summed E-state index contributed by atoms with van der Waals surface area (Å²) in [7, 11) is 0. The number of hydrogen-bond acceptors (Lipinski definition) is 3. The molecular weight excluding hydrogens is 347 g/mol. The van der Waals surface area contributed by atoms with Crippen molar-refractivity contribution in [2.24, 2.45) is 5.41 Å². The third-order valence-electron chi connectivity index (χ3n) is 3.75. The summed E-state index contributed by atoms with van der Waals surface area (Å²) in [6.45, 7) is 6.02. The highest BCUT2D eigenvalue weighted by Crippen LogP contribution is 2.45. The summed E-state index contributed by atoms with van der Waals surface area (Å²) >= 11 is 4.52. The van der Waals surface area contributed by atoms with Crippen LogP contribution in [0.1, 0.15) is 38.6 Å². The Morgan fingerprint density at radius 1 is 1.65 bits per heavy atom. The number of thiazole rings is 1. The van der Waals surface area contributed by atoms with Crippen LogP contribution in [0.5, 0.6) is 0 Å². The van der Waals surface area contributed by atoms with Gasteiger partial charge in [-0.2, -0.15) is 0 Å². The number of carbonyl (C=O) groups is 1. The molecule has 0 aromatic carbocycles. The van der Waals surface area contributed by atoms with Gasteiger partial charge in [0.25, 0.3) is 0 Å². The van der Waals surface area contributed by atoms with E-state index in [1.54, 1.807) is 5.38 Å². The fourth-order valence-corrected chi connectivity index (χ4v) is 4.01. The number of halogens is 2. The monoisotopic (exact) mass is 364 g/mol. The molecule has 2 rings (SSSR count). The molecule has 0 saturated carbocycles. The lowest BCUT2D eigenvalue weighted by atomic mass is 9.76. The van der Waals surface area contributed by atoms with Gasteiger partial charge in [-0.1, -0.05) is 20.8 Å². The Morgan fingerprint density at radius 3 is 2.75 bits per heavy atom.